The lowest BCUT2D eigenvalue weighted by molar-refractivity contribution is -0.332. The lowest BCUT2D eigenvalue weighted by Crippen LogP contribution is -2.61. The molecule has 0 aliphatic carbocycles. The van der Waals surface area contributed by atoms with Crippen LogP contribution in [0.1, 0.15) is 187 Å². The number of ether oxygens (including phenoxy) is 6. The predicted molar refractivity (Wildman–Crippen MR) is 238 cm³/mol. The molecule has 4 unspecified atom stereocenters. The van der Waals surface area contributed by atoms with Crippen molar-refractivity contribution in [2.75, 3.05) is 26.4 Å². The summed E-state index contributed by atoms with van der Waals surface area (Å²) < 4.78 is 33.5. The van der Waals surface area contributed by atoms with E-state index >= 15 is 0 Å². The van der Waals surface area contributed by atoms with Crippen molar-refractivity contribution >= 4 is 11.9 Å². The first kappa shape index (κ1) is 57.4. The van der Waals surface area contributed by atoms with E-state index in [0.717, 1.165) is 32.1 Å². The zero-order chi connectivity index (χ0) is 46.1. The molecule has 0 bridgehead atoms. The fourth-order valence-electron chi connectivity index (χ4n) is 7.88. The van der Waals surface area contributed by atoms with Crippen LogP contribution in [0.2, 0.25) is 0 Å². The highest BCUT2D eigenvalue weighted by molar-refractivity contribution is 5.70. The molecule has 0 radical (unpaired) electrons. The Kier molecular flexibility index (Phi) is 33.1. The van der Waals surface area contributed by atoms with Crippen molar-refractivity contribution < 1.29 is 73.8 Å². The number of hydrogen-bond acceptors (Lipinski definition) is 15. The number of hydrogen-bond donors (Lipinski definition) is 7. The Balaban J connectivity index is 1.83. The van der Waals surface area contributed by atoms with E-state index in [1.54, 1.807) is 0 Å². The molecule has 0 aromatic carbocycles. The van der Waals surface area contributed by atoms with Crippen molar-refractivity contribution in [2.45, 2.75) is 255 Å². The minimum Gasteiger partial charge on any atom is -0.462 e. The second kappa shape index (κ2) is 36.4. The van der Waals surface area contributed by atoms with Crippen LogP contribution < -0.4 is 0 Å². The van der Waals surface area contributed by atoms with Gasteiger partial charge in [-0.15, -0.1) is 0 Å². The number of aliphatic hydroxyl groups excluding tert-OH is 7. The first-order chi connectivity index (χ1) is 30.5. The average molecular weight is 905 g/mol. The number of allylic oxidation sites excluding steroid dienone is 2. The standard InChI is InChI=1S/C48H88O15/c1-3-5-7-9-11-13-15-17-18-19-21-22-24-26-28-30-39(50)58-33-36(61-40(51)31-29-27-25-23-20-16-14-12-10-8-6-4-2)34-59-47-46(57)44(55)42(53)38(63-47)35-60-48-45(56)43(54)41(52)37(32-49)62-48/h24,26,36-38,41-49,52-57H,3-23,25,27-35H2,1-2H3/b26-24+/t36-,37-,38-,41+,42+,43?,44?,45?,46?,47-,48-/m1/s1. The highest BCUT2D eigenvalue weighted by Gasteiger charge is 2.47. The Bertz CT molecular complexity index is 1160. The van der Waals surface area contributed by atoms with E-state index in [9.17, 15) is 45.3 Å². The van der Waals surface area contributed by atoms with E-state index in [2.05, 4.69) is 19.9 Å². The highest BCUT2D eigenvalue weighted by Crippen LogP contribution is 2.26. The van der Waals surface area contributed by atoms with Crippen LogP contribution in [0.4, 0.5) is 0 Å². The largest absolute Gasteiger partial charge is 0.462 e. The van der Waals surface area contributed by atoms with Crippen LogP contribution in [0, 0.1) is 0 Å². The molecule has 15 heteroatoms. The van der Waals surface area contributed by atoms with Crippen molar-refractivity contribution in [1.29, 1.82) is 0 Å². The lowest BCUT2D eigenvalue weighted by Gasteiger charge is -2.42. The van der Waals surface area contributed by atoms with Crippen LogP contribution in [0.15, 0.2) is 12.2 Å². The quantitative estimate of drug-likeness (QED) is 0.0208. The Morgan fingerprint density at radius 2 is 0.937 bits per heavy atom. The van der Waals surface area contributed by atoms with Gasteiger partial charge in [-0.2, -0.15) is 0 Å². The van der Waals surface area contributed by atoms with Crippen molar-refractivity contribution in [3.8, 4) is 0 Å². The fraction of sp³-hybridized carbons (Fsp3) is 0.917. The summed E-state index contributed by atoms with van der Waals surface area (Å²) >= 11 is 0. The third-order valence-electron chi connectivity index (χ3n) is 12.0. The molecule has 2 heterocycles. The molecule has 2 saturated heterocycles. The fourth-order valence-corrected chi connectivity index (χ4v) is 7.88. The molecule has 11 atom stereocenters. The zero-order valence-corrected chi connectivity index (χ0v) is 38.8. The van der Waals surface area contributed by atoms with Gasteiger partial charge in [0, 0.05) is 12.8 Å². The van der Waals surface area contributed by atoms with Crippen molar-refractivity contribution in [3.05, 3.63) is 12.2 Å². The Hall–Kier alpha value is -1.76. The number of rotatable bonds is 38. The van der Waals surface area contributed by atoms with Crippen LogP contribution in [0.25, 0.3) is 0 Å². The van der Waals surface area contributed by atoms with E-state index in [4.69, 9.17) is 28.4 Å². The predicted octanol–water partition coefficient (Wildman–Crippen LogP) is 6.21. The first-order valence-electron chi connectivity index (χ1n) is 24.8. The van der Waals surface area contributed by atoms with Gasteiger partial charge in [0.2, 0.25) is 0 Å². The summed E-state index contributed by atoms with van der Waals surface area (Å²) in [7, 11) is 0. The van der Waals surface area contributed by atoms with Crippen LogP contribution >= 0.6 is 0 Å². The number of carbonyl (C=O) groups excluding carboxylic acids is 2. The average Bonchev–Trinajstić information content (AvgIpc) is 3.28. The molecule has 2 fully saturated rings. The van der Waals surface area contributed by atoms with Gasteiger partial charge in [-0.3, -0.25) is 9.59 Å². The third-order valence-corrected chi connectivity index (χ3v) is 12.0. The number of esters is 2. The second-order valence-corrected chi connectivity index (χ2v) is 17.6. The van der Waals surface area contributed by atoms with Gasteiger partial charge in [0.05, 0.1) is 19.8 Å². The summed E-state index contributed by atoms with van der Waals surface area (Å²) in [6, 6.07) is 0. The van der Waals surface area contributed by atoms with Gasteiger partial charge in [-0.05, 0) is 25.7 Å². The summed E-state index contributed by atoms with van der Waals surface area (Å²) in [4.78, 5) is 25.6. The van der Waals surface area contributed by atoms with Crippen molar-refractivity contribution in [3.63, 3.8) is 0 Å². The molecule has 2 aliphatic heterocycles. The van der Waals surface area contributed by atoms with E-state index in [-0.39, 0.29) is 26.1 Å². The summed E-state index contributed by atoms with van der Waals surface area (Å²) in [6.45, 7) is 2.55. The summed E-state index contributed by atoms with van der Waals surface area (Å²) in [5.41, 5.74) is 0. The minimum atomic E-state index is -1.76. The van der Waals surface area contributed by atoms with Crippen LogP contribution in [-0.2, 0) is 38.0 Å². The second-order valence-electron chi connectivity index (χ2n) is 17.6. The molecule has 0 amide bonds. The molecule has 0 saturated carbocycles. The van der Waals surface area contributed by atoms with E-state index in [0.29, 0.717) is 12.8 Å². The highest BCUT2D eigenvalue weighted by atomic mass is 16.7. The molecule has 15 nitrogen and oxygen atoms in total. The minimum absolute atomic E-state index is 0.139. The Morgan fingerprint density at radius 3 is 1.46 bits per heavy atom. The van der Waals surface area contributed by atoms with Gasteiger partial charge in [-0.1, -0.05) is 161 Å². The molecule has 63 heavy (non-hydrogen) atoms. The van der Waals surface area contributed by atoms with Gasteiger partial charge in [0.15, 0.2) is 18.7 Å². The Labute approximate surface area is 378 Å². The summed E-state index contributed by atoms with van der Waals surface area (Å²) in [5, 5.41) is 71.9. The maximum absolute atomic E-state index is 12.9. The van der Waals surface area contributed by atoms with Crippen LogP contribution in [0.3, 0.4) is 0 Å². The van der Waals surface area contributed by atoms with Crippen LogP contribution in [0.5, 0.6) is 0 Å². The van der Waals surface area contributed by atoms with Gasteiger partial charge in [0.25, 0.3) is 0 Å². The molecule has 370 valence electrons. The van der Waals surface area contributed by atoms with Gasteiger partial charge < -0.3 is 64.2 Å². The van der Waals surface area contributed by atoms with Crippen molar-refractivity contribution in [1.82, 2.24) is 0 Å². The van der Waals surface area contributed by atoms with Gasteiger partial charge in [0.1, 0.15) is 55.4 Å². The smallest absolute Gasteiger partial charge is 0.306 e. The van der Waals surface area contributed by atoms with E-state index in [1.165, 1.54) is 116 Å². The molecular weight excluding hydrogens is 817 g/mol. The monoisotopic (exact) mass is 905 g/mol. The van der Waals surface area contributed by atoms with Crippen LogP contribution in [-0.4, -0.2) is 142 Å². The number of unbranched alkanes of at least 4 members (excludes halogenated alkanes) is 22. The molecule has 0 spiro atoms. The van der Waals surface area contributed by atoms with Crippen molar-refractivity contribution in [2.24, 2.45) is 0 Å². The normalized spacial score (nSPS) is 26.9. The molecule has 0 aromatic heterocycles. The van der Waals surface area contributed by atoms with Gasteiger partial charge >= 0.3 is 11.9 Å². The molecule has 7 N–H and O–H groups in total. The Morgan fingerprint density at radius 1 is 0.492 bits per heavy atom. The maximum atomic E-state index is 12.9. The van der Waals surface area contributed by atoms with E-state index < -0.39 is 92.7 Å². The topological polar surface area (TPSA) is 231 Å². The summed E-state index contributed by atoms with van der Waals surface area (Å²) in [6.07, 6.45) is 16.9. The molecule has 2 rings (SSSR count). The number of aliphatic hydroxyl groups is 7. The maximum Gasteiger partial charge on any atom is 0.306 e. The zero-order valence-electron chi connectivity index (χ0n) is 38.8. The molecule has 0 aromatic rings. The first-order valence-corrected chi connectivity index (χ1v) is 24.8. The lowest BCUT2D eigenvalue weighted by atomic mass is 9.98. The third kappa shape index (κ3) is 25.1. The SMILES string of the molecule is CCCCCCCCCCCCC/C=C/CCC(=O)OC[C@H](CO[C@@H]1O[C@H](CO[C@@H]2O[C@H](CO)[C@H](O)C(O)C2O)[C@H](O)C(O)C1O)OC(=O)CCCCCCCCCCCCCC. The van der Waals surface area contributed by atoms with Gasteiger partial charge in [-0.25, -0.2) is 0 Å². The molecule has 2 aliphatic rings. The van der Waals surface area contributed by atoms with E-state index in [1.807, 2.05) is 6.08 Å². The number of carbonyl (C=O) groups is 2. The molecular formula is C48H88O15. The summed E-state index contributed by atoms with van der Waals surface area (Å²) in [5.74, 6) is -0.974.